The molecule has 0 spiro atoms. The van der Waals surface area contributed by atoms with Crippen molar-refractivity contribution in [2.75, 3.05) is 0 Å². The average Bonchev–Trinajstić information content (AvgIpc) is 2.90. The van der Waals surface area contributed by atoms with Crippen molar-refractivity contribution in [1.29, 1.82) is 0 Å². The normalized spacial score (nSPS) is 20.3. The molecule has 2 aromatic carbocycles. The van der Waals surface area contributed by atoms with Gasteiger partial charge in [-0.15, -0.1) is 0 Å². The molecule has 0 bridgehead atoms. The summed E-state index contributed by atoms with van der Waals surface area (Å²) in [6.45, 7) is 2.09. The fourth-order valence-electron chi connectivity index (χ4n) is 3.40. The van der Waals surface area contributed by atoms with Crippen LogP contribution in [-0.2, 0) is 6.42 Å². The van der Waals surface area contributed by atoms with Gasteiger partial charge in [-0.05, 0) is 48.6 Å². The quantitative estimate of drug-likeness (QED) is 0.702. The topological polar surface area (TPSA) is 38.0 Å². The Balaban J connectivity index is 1.79. The summed E-state index contributed by atoms with van der Waals surface area (Å²) in [5, 5.41) is 10.5. The number of nitrogens with zero attached hydrogens (tertiary/aromatic N) is 2. The third-order valence-electron chi connectivity index (χ3n) is 4.82. The maximum atomic E-state index is 9.48. The first-order chi connectivity index (χ1) is 11.6. The molecule has 1 fully saturated rings. The van der Waals surface area contributed by atoms with Crippen molar-refractivity contribution in [3.05, 3.63) is 57.8 Å². The summed E-state index contributed by atoms with van der Waals surface area (Å²) in [6.07, 6.45) is 2.41. The molecular formula is C19H18Cl2N2O. The van der Waals surface area contributed by atoms with Crippen LogP contribution in [0.1, 0.15) is 37.1 Å². The van der Waals surface area contributed by atoms with Gasteiger partial charge < -0.3 is 5.11 Å². The van der Waals surface area contributed by atoms with E-state index in [4.69, 9.17) is 28.2 Å². The molecule has 0 amide bonds. The highest BCUT2D eigenvalue weighted by molar-refractivity contribution is 6.42. The summed E-state index contributed by atoms with van der Waals surface area (Å²) in [5.74, 6) is 1.46. The maximum Gasteiger partial charge on any atom is 0.114 e. The minimum atomic E-state index is -0.133. The zero-order valence-corrected chi connectivity index (χ0v) is 14.8. The first kappa shape index (κ1) is 15.9. The van der Waals surface area contributed by atoms with Gasteiger partial charge in [0, 0.05) is 12.1 Å². The van der Waals surface area contributed by atoms with Gasteiger partial charge >= 0.3 is 0 Å². The van der Waals surface area contributed by atoms with Crippen molar-refractivity contribution in [1.82, 2.24) is 9.55 Å². The Kier molecular flexibility index (Phi) is 4.03. The maximum absolute atomic E-state index is 9.48. The lowest BCUT2D eigenvalue weighted by Crippen LogP contribution is -2.26. The standard InChI is InChI=1S/C19H18Cl2N2O/c1-2-19-22-17-9-15(20)16(21)10-18(17)23(19)13-5-3-11(4-6-13)12-7-14(24)8-12/h3-6,9-10,12,14,24H,2,7-8H2,1H3. The number of benzene rings is 2. The number of hydrogen-bond acceptors (Lipinski definition) is 2. The summed E-state index contributed by atoms with van der Waals surface area (Å²) in [7, 11) is 0. The number of rotatable bonds is 3. The Labute approximate surface area is 150 Å². The molecule has 3 nitrogen and oxygen atoms in total. The zero-order chi connectivity index (χ0) is 16.8. The molecule has 0 unspecified atom stereocenters. The Morgan fingerprint density at radius 3 is 2.42 bits per heavy atom. The number of halogens is 2. The highest BCUT2D eigenvalue weighted by atomic mass is 35.5. The number of aliphatic hydroxyl groups excluding tert-OH is 1. The minimum Gasteiger partial charge on any atom is -0.393 e. The van der Waals surface area contributed by atoms with Crippen LogP contribution in [0, 0.1) is 0 Å². The van der Waals surface area contributed by atoms with Gasteiger partial charge in [-0.2, -0.15) is 0 Å². The number of aliphatic hydroxyl groups is 1. The van der Waals surface area contributed by atoms with E-state index in [9.17, 15) is 5.11 Å². The summed E-state index contributed by atoms with van der Waals surface area (Å²) < 4.78 is 2.14. The van der Waals surface area contributed by atoms with Crippen LogP contribution in [-0.4, -0.2) is 20.8 Å². The molecule has 4 rings (SSSR count). The summed E-state index contributed by atoms with van der Waals surface area (Å²) >= 11 is 12.3. The first-order valence-corrected chi connectivity index (χ1v) is 8.97. The third-order valence-corrected chi connectivity index (χ3v) is 5.54. The molecule has 3 aromatic rings. The van der Waals surface area contributed by atoms with Crippen molar-refractivity contribution in [2.45, 2.75) is 38.2 Å². The number of fused-ring (bicyclic) bond motifs is 1. The average molecular weight is 361 g/mol. The van der Waals surface area contributed by atoms with Crippen LogP contribution in [0.4, 0.5) is 0 Å². The lowest BCUT2D eigenvalue weighted by molar-refractivity contribution is 0.0746. The molecule has 1 saturated carbocycles. The second-order valence-electron chi connectivity index (χ2n) is 6.39. The van der Waals surface area contributed by atoms with Crippen LogP contribution in [0.25, 0.3) is 16.7 Å². The molecule has 0 atom stereocenters. The Morgan fingerprint density at radius 1 is 1.12 bits per heavy atom. The predicted molar refractivity (Wildman–Crippen MR) is 98.4 cm³/mol. The number of hydrogen-bond donors (Lipinski definition) is 1. The number of imidazole rings is 1. The lowest BCUT2D eigenvalue weighted by Gasteiger charge is -2.31. The Morgan fingerprint density at radius 2 is 1.79 bits per heavy atom. The Hall–Kier alpha value is -1.55. The van der Waals surface area contributed by atoms with Crippen LogP contribution in [0.15, 0.2) is 36.4 Å². The molecule has 124 valence electrons. The van der Waals surface area contributed by atoms with Crippen molar-refractivity contribution in [2.24, 2.45) is 0 Å². The highest BCUT2D eigenvalue weighted by Gasteiger charge is 2.28. The second-order valence-corrected chi connectivity index (χ2v) is 7.20. The van der Waals surface area contributed by atoms with Gasteiger partial charge in [0.15, 0.2) is 0 Å². The van der Waals surface area contributed by atoms with E-state index in [0.29, 0.717) is 16.0 Å². The summed E-state index contributed by atoms with van der Waals surface area (Å²) in [4.78, 5) is 4.69. The van der Waals surface area contributed by atoms with Gasteiger partial charge in [-0.3, -0.25) is 4.57 Å². The van der Waals surface area contributed by atoms with Gasteiger partial charge in [-0.1, -0.05) is 42.3 Å². The van der Waals surface area contributed by atoms with Crippen LogP contribution >= 0.6 is 23.2 Å². The first-order valence-electron chi connectivity index (χ1n) is 8.21. The third kappa shape index (κ3) is 2.61. The predicted octanol–water partition coefficient (Wildman–Crippen LogP) is 5.13. The van der Waals surface area contributed by atoms with E-state index in [1.165, 1.54) is 5.56 Å². The molecular weight excluding hydrogens is 343 g/mol. The highest BCUT2D eigenvalue weighted by Crippen LogP contribution is 2.37. The van der Waals surface area contributed by atoms with Gasteiger partial charge in [0.25, 0.3) is 0 Å². The van der Waals surface area contributed by atoms with E-state index in [2.05, 4.69) is 35.8 Å². The van der Waals surface area contributed by atoms with E-state index < -0.39 is 0 Å². The van der Waals surface area contributed by atoms with Crippen LogP contribution < -0.4 is 0 Å². The van der Waals surface area contributed by atoms with Crippen LogP contribution in [0.3, 0.4) is 0 Å². The van der Waals surface area contributed by atoms with Crippen molar-refractivity contribution >= 4 is 34.2 Å². The van der Waals surface area contributed by atoms with Gasteiger partial charge in [-0.25, -0.2) is 4.98 Å². The molecule has 24 heavy (non-hydrogen) atoms. The summed E-state index contributed by atoms with van der Waals surface area (Å²) in [6, 6.07) is 12.2. The molecule has 1 heterocycles. The van der Waals surface area contributed by atoms with Crippen molar-refractivity contribution in [3.8, 4) is 5.69 Å². The van der Waals surface area contributed by atoms with Crippen LogP contribution in [0.5, 0.6) is 0 Å². The number of aryl methyl sites for hydroxylation is 1. The number of aromatic nitrogens is 2. The van der Waals surface area contributed by atoms with Crippen LogP contribution in [0.2, 0.25) is 10.0 Å². The molecule has 1 aromatic heterocycles. The van der Waals surface area contributed by atoms with E-state index in [1.807, 2.05) is 12.1 Å². The monoisotopic (exact) mass is 360 g/mol. The van der Waals surface area contributed by atoms with E-state index in [0.717, 1.165) is 41.8 Å². The van der Waals surface area contributed by atoms with E-state index >= 15 is 0 Å². The molecule has 0 radical (unpaired) electrons. The largest absolute Gasteiger partial charge is 0.393 e. The fraction of sp³-hybridized carbons (Fsp3) is 0.316. The van der Waals surface area contributed by atoms with Gasteiger partial charge in [0.1, 0.15) is 5.82 Å². The van der Waals surface area contributed by atoms with Gasteiger partial charge in [0.2, 0.25) is 0 Å². The fourth-order valence-corrected chi connectivity index (χ4v) is 3.72. The Bertz CT molecular complexity index is 896. The molecule has 0 aliphatic heterocycles. The smallest absolute Gasteiger partial charge is 0.114 e. The lowest BCUT2D eigenvalue weighted by atomic mass is 9.78. The van der Waals surface area contributed by atoms with Crippen molar-refractivity contribution < 1.29 is 5.11 Å². The molecule has 0 saturated heterocycles. The second kappa shape index (κ2) is 6.07. The molecule has 1 N–H and O–H groups in total. The summed E-state index contributed by atoms with van der Waals surface area (Å²) in [5.41, 5.74) is 4.17. The van der Waals surface area contributed by atoms with E-state index in [1.54, 1.807) is 0 Å². The van der Waals surface area contributed by atoms with Gasteiger partial charge in [0.05, 0.1) is 27.2 Å². The minimum absolute atomic E-state index is 0.133. The zero-order valence-electron chi connectivity index (χ0n) is 13.3. The SMILES string of the molecule is CCc1nc2cc(Cl)c(Cl)cc2n1-c1ccc(C2CC(O)C2)cc1. The molecule has 1 aliphatic carbocycles. The molecule has 5 heteroatoms. The van der Waals surface area contributed by atoms with Crippen molar-refractivity contribution in [3.63, 3.8) is 0 Å². The molecule has 1 aliphatic rings. The van der Waals surface area contributed by atoms with E-state index in [-0.39, 0.29) is 6.10 Å².